The third kappa shape index (κ3) is 5.15. The van der Waals surface area contributed by atoms with Gasteiger partial charge in [-0.2, -0.15) is 0 Å². The van der Waals surface area contributed by atoms with E-state index in [9.17, 15) is 0 Å². The Bertz CT molecular complexity index is 631. The molecule has 0 amide bonds. The van der Waals surface area contributed by atoms with Gasteiger partial charge in [0.2, 0.25) is 0 Å². The van der Waals surface area contributed by atoms with E-state index in [0.29, 0.717) is 36.3 Å². The summed E-state index contributed by atoms with van der Waals surface area (Å²) in [4.78, 5) is 0. The first-order valence-corrected chi connectivity index (χ1v) is 8.89. The van der Waals surface area contributed by atoms with Crippen LogP contribution in [0.4, 0.5) is 0 Å². The van der Waals surface area contributed by atoms with Crippen LogP contribution in [0.2, 0.25) is 5.02 Å². The highest BCUT2D eigenvalue weighted by atomic mass is 35.5. The van der Waals surface area contributed by atoms with E-state index in [1.807, 2.05) is 25.1 Å². The molecule has 3 nitrogen and oxygen atoms in total. The van der Waals surface area contributed by atoms with Crippen molar-refractivity contribution in [2.45, 2.75) is 39.8 Å². The fourth-order valence-electron chi connectivity index (χ4n) is 2.46. The Morgan fingerprint density at radius 3 is 2.50 bits per heavy atom. The summed E-state index contributed by atoms with van der Waals surface area (Å²) in [5.41, 5.74) is 2.34. The highest BCUT2D eigenvalue weighted by Gasteiger charge is 2.13. The lowest BCUT2D eigenvalue weighted by molar-refractivity contribution is 0.277. The van der Waals surface area contributed by atoms with Gasteiger partial charge in [0.1, 0.15) is 0 Å². The lowest BCUT2D eigenvalue weighted by atomic mass is 10.1. The fourth-order valence-corrected chi connectivity index (χ4v) is 2.75. The zero-order chi connectivity index (χ0) is 17.4. The van der Waals surface area contributed by atoms with Gasteiger partial charge in [-0.15, -0.1) is 0 Å². The van der Waals surface area contributed by atoms with E-state index in [1.54, 1.807) is 0 Å². The number of rotatable bonds is 9. The number of hydrogen-bond acceptors (Lipinski definition) is 3. The molecule has 2 aromatic carbocycles. The minimum Gasteiger partial charge on any atom is -0.490 e. The molecule has 0 unspecified atom stereocenters. The molecule has 0 heterocycles. The quantitative estimate of drug-likeness (QED) is 0.660. The van der Waals surface area contributed by atoms with Crippen LogP contribution in [0.5, 0.6) is 11.5 Å². The molecule has 0 fully saturated rings. The minimum atomic E-state index is 0.261. The van der Waals surface area contributed by atoms with E-state index in [1.165, 1.54) is 5.56 Å². The number of ether oxygens (including phenoxy) is 2. The Morgan fingerprint density at radius 1 is 1.08 bits per heavy atom. The van der Waals surface area contributed by atoms with Crippen LogP contribution in [-0.4, -0.2) is 13.2 Å². The van der Waals surface area contributed by atoms with Crippen molar-refractivity contribution in [2.75, 3.05) is 13.2 Å². The Kier molecular flexibility index (Phi) is 7.41. The third-order valence-corrected chi connectivity index (χ3v) is 4.01. The summed E-state index contributed by atoms with van der Waals surface area (Å²) in [6.07, 6.45) is 0.930. The molecule has 2 rings (SSSR count). The van der Waals surface area contributed by atoms with Gasteiger partial charge in [-0.25, -0.2) is 0 Å². The number of hydrogen-bond donors (Lipinski definition) is 1. The van der Waals surface area contributed by atoms with Crippen molar-refractivity contribution in [1.82, 2.24) is 5.32 Å². The van der Waals surface area contributed by atoms with Gasteiger partial charge in [0, 0.05) is 12.6 Å². The highest BCUT2D eigenvalue weighted by molar-refractivity contribution is 6.32. The maximum absolute atomic E-state index is 6.41. The van der Waals surface area contributed by atoms with E-state index in [4.69, 9.17) is 21.1 Å². The predicted molar refractivity (Wildman–Crippen MR) is 100 cm³/mol. The van der Waals surface area contributed by atoms with Gasteiger partial charge >= 0.3 is 0 Å². The van der Waals surface area contributed by atoms with Gasteiger partial charge < -0.3 is 14.8 Å². The molecule has 130 valence electrons. The second-order valence-corrected chi connectivity index (χ2v) is 6.11. The van der Waals surface area contributed by atoms with Crippen molar-refractivity contribution in [3.05, 3.63) is 58.6 Å². The maximum Gasteiger partial charge on any atom is 0.179 e. The van der Waals surface area contributed by atoms with Crippen molar-refractivity contribution >= 4 is 11.6 Å². The molecule has 1 N–H and O–H groups in total. The summed E-state index contributed by atoms with van der Waals surface area (Å²) in [7, 11) is 0. The van der Waals surface area contributed by atoms with Gasteiger partial charge in [0.25, 0.3) is 0 Å². The van der Waals surface area contributed by atoms with Crippen LogP contribution in [0.25, 0.3) is 0 Å². The lowest BCUT2D eigenvalue weighted by Crippen LogP contribution is -2.18. The van der Waals surface area contributed by atoms with Crippen molar-refractivity contribution in [3.8, 4) is 11.5 Å². The zero-order valence-electron chi connectivity index (χ0n) is 14.6. The van der Waals surface area contributed by atoms with Crippen LogP contribution < -0.4 is 14.8 Å². The van der Waals surface area contributed by atoms with Gasteiger partial charge in [-0.05, 0) is 43.5 Å². The van der Waals surface area contributed by atoms with Gasteiger partial charge in [0.15, 0.2) is 11.5 Å². The summed E-state index contributed by atoms with van der Waals surface area (Å²) in [5.74, 6) is 1.35. The Labute approximate surface area is 149 Å². The molecule has 0 saturated carbocycles. The fraction of sp³-hybridized carbons (Fsp3) is 0.400. The highest BCUT2D eigenvalue weighted by Crippen LogP contribution is 2.37. The van der Waals surface area contributed by atoms with E-state index in [0.717, 1.165) is 12.0 Å². The molecule has 0 aliphatic carbocycles. The van der Waals surface area contributed by atoms with Gasteiger partial charge in [0.05, 0.1) is 18.2 Å². The van der Waals surface area contributed by atoms with E-state index in [-0.39, 0.29) is 6.04 Å². The van der Waals surface area contributed by atoms with Crippen molar-refractivity contribution < 1.29 is 9.47 Å². The molecule has 0 bridgehead atoms. The van der Waals surface area contributed by atoms with Crippen molar-refractivity contribution in [3.63, 3.8) is 0 Å². The molecule has 0 aliphatic heterocycles. The van der Waals surface area contributed by atoms with Crippen LogP contribution in [0, 0.1) is 0 Å². The normalized spacial score (nSPS) is 12.0. The van der Waals surface area contributed by atoms with Crippen LogP contribution in [0.15, 0.2) is 42.5 Å². The molecule has 1 atom stereocenters. The summed E-state index contributed by atoms with van der Waals surface area (Å²) < 4.78 is 11.5. The summed E-state index contributed by atoms with van der Waals surface area (Å²) in [5, 5.41) is 4.12. The molecule has 0 aromatic heterocycles. The summed E-state index contributed by atoms with van der Waals surface area (Å²) >= 11 is 6.41. The van der Waals surface area contributed by atoms with Crippen molar-refractivity contribution in [2.24, 2.45) is 0 Å². The first-order valence-electron chi connectivity index (χ1n) is 8.52. The SMILES string of the molecule is CCCOc1c(Cl)cc(CN[C@@H](C)c2ccccc2)cc1OCC. The second kappa shape index (κ2) is 9.55. The number of nitrogens with one attached hydrogen (secondary N) is 1. The molecular formula is C20H26ClNO2. The molecule has 4 heteroatoms. The number of halogens is 1. The topological polar surface area (TPSA) is 30.5 Å². The monoisotopic (exact) mass is 347 g/mol. The third-order valence-electron chi connectivity index (χ3n) is 3.73. The number of benzene rings is 2. The largest absolute Gasteiger partial charge is 0.490 e. The Hall–Kier alpha value is -1.71. The Morgan fingerprint density at radius 2 is 1.83 bits per heavy atom. The average molecular weight is 348 g/mol. The zero-order valence-corrected chi connectivity index (χ0v) is 15.4. The Balaban J connectivity index is 2.09. The first-order chi connectivity index (χ1) is 11.7. The molecular weight excluding hydrogens is 322 g/mol. The summed E-state index contributed by atoms with van der Waals surface area (Å²) in [6.45, 7) is 8.10. The lowest BCUT2D eigenvalue weighted by Gasteiger charge is -2.17. The molecule has 0 radical (unpaired) electrons. The smallest absolute Gasteiger partial charge is 0.179 e. The molecule has 0 saturated heterocycles. The molecule has 0 spiro atoms. The predicted octanol–water partition coefficient (Wildman–Crippen LogP) is 5.38. The van der Waals surface area contributed by atoms with Crippen LogP contribution in [-0.2, 0) is 6.54 Å². The molecule has 24 heavy (non-hydrogen) atoms. The van der Waals surface area contributed by atoms with E-state index >= 15 is 0 Å². The van der Waals surface area contributed by atoms with Gasteiger partial charge in [-0.3, -0.25) is 0 Å². The first kappa shape index (κ1) is 18.6. The van der Waals surface area contributed by atoms with Crippen LogP contribution in [0.3, 0.4) is 0 Å². The standard InChI is InChI=1S/C20H26ClNO2/c1-4-11-24-20-18(21)12-16(13-19(20)23-5-2)14-22-15(3)17-9-7-6-8-10-17/h6-10,12-13,15,22H,4-5,11,14H2,1-3H3/t15-/m0/s1. The average Bonchev–Trinajstić information content (AvgIpc) is 2.60. The maximum atomic E-state index is 6.41. The molecule has 2 aromatic rings. The second-order valence-electron chi connectivity index (χ2n) is 5.70. The van der Waals surface area contributed by atoms with Crippen molar-refractivity contribution in [1.29, 1.82) is 0 Å². The summed E-state index contributed by atoms with van der Waals surface area (Å²) in [6, 6.07) is 14.6. The van der Waals surface area contributed by atoms with Gasteiger partial charge in [-0.1, -0.05) is 48.9 Å². The van der Waals surface area contributed by atoms with Crippen LogP contribution >= 0.6 is 11.6 Å². The molecule has 0 aliphatic rings. The van der Waals surface area contributed by atoms with E-state index in [2.05, 4.69) is 43.4 Å². The van der Waals surface area contributed by atoms with Crippen LogP contribution in [0.1, 0.15) is 44.4 Å². The minimum absolute atomic E-state index is 0.261. The van der Waals surface area contributed by atoms with E-state index < -0.39 is 0 Å².